The van der Waals surface area contributed by atoms with Crippen LogP contribution < -0.4 is 15.4 Å². The first-order valence-electron chi connectivity index (χ1n) is 6.80. The first-order chi connectivity index (χ1) is 11.0. The summed E-state index contributed by atoms with van der Waals surface area (Å²) < 4.78 is 19.6. The number of hydrogen-bond donors (Lipinski definition) is 2. The largest absolute Gasteiger partial charge is 0.494 e. The van der Waals surface area contributed by atoms with Crippen molar-refractivity contribution in [2.75, 3.05) is 11.9 Å². The van der Waals surface area contributed by atoms with Crippen molar-refractivity contribution >= 4 is 44.9 Å². The number of nitrogens with one attached hydrogen (secondary N) is 2. The van der Waals surface area contributed by atoms with Crippen LogP contribution in [-0.2, 0) is 0 Å². The lowest BCUT2D eigenvalue weighted by atomic mass is 10.2. The summed E-state index contributed by atoms with van der Waals surface area (Å²) in [5, 5.41) is 5.17. The van der Waals surface area contributed by atoms with Crippen molar-refractivity contribution in [1.82, 2.24) is 5.32 Å². The second-order valence-corrected chi connectivity index (χ2v) is 5.81. The highest BCUT2D eigenvalue weighted by molar-refractivity contribution is 9.10. The average Bonchev–Trinajstić information content (AvgIpc) is 2.51. The quantitative estimate of drug-likeness (QED) is 0.763. The second kappa shape index (κ2) is 8.03. The van der Waals surface area contributed by atoms with Crippen molar-refractivity contribution in [3.63, 3.8) is 0 Å². The molecule has 0 spiro atoms. The van der Waals surface area contributed by atoms with Gasteiger partial charge in [-0.1, -0.05) is 15.9 Å². The number of rotatable bonds is 4. The van der Waals surface area contributed by atoms with Crippen molar-refractivity contribution in [2.45, 2.75) is 6.92 Å². The van der Waals surface area contributed by atoms with Crippen molar-refractivity contribution in [2.24, 2.45) is 0 Å². The molecule has 4 nitrogen and oxygen atoms in total. The zero-order valence-electron chi connectivity index (χ0n) is 12.2. The first kappa shape index (κ1) is 17.4. The number of hydrogen-bond acceptors (Lipinski definition) is 3. The molecule has 0 radical (unpaired) electrons. The maximum Gasteiger partial charge on any atom is 0.257 e. The lowest BCUT2D eigenvalue weighted by Gasteiger charge is -2.11. The van der Waals surface area contributed by atoms with E-state index in [1.807, 2.05) is 6.92 Å². The molecule has 0 aliphatic heterocycles. The summed E-state index contributed by atoms with van der Waals surface area (Å²) in [6, 6.07) is 11.1. The van der Waals surface area contributed by atoms with E-state index >= 15 is 0 Å². The number of anilines is 1. The van der Waals surface area contributed by atoms with Crippen LogP contribution in [0.15, 0.2) is 46.9 Å². The van der Waals surface area contributed by atoms with Crippen LogP contribution in [0.25, 0.3) is 0 Å². The molecule has 0 unspecified atom stereocenters. The van der Waals surface area contributed by atoms with Crippen LogP contribution in [0.3, 0.4) is 0 Å². The Labute approximate surface area is 147 Å². The van der Waals surface area contributed by atoms with Crippen LogP contribution in [0.1, 0.15) is 17.3 Å². The third-order valence-electron chi connectivity index (χ3n) is 2.83. The normalized spacial score (nSPS) is 10.0. The number of amides is 1. The molecule has 0 heterocycles. The minimum atomic E-state index is -0.475. The lowest BCUT2D eigenvalue weighted by Crippen LogP contribution is -2.34. The van der Waals surface area contributed by atoms with Crippen LogP contribution in [0.4, 0.5) is 10.1 Å². The highest BCUT2D eigenvalue weighted by Gasteiger charge is 2.10. The highest BCUT2D eigenvalue weighted by Crippen LogP contribution is 2.19. The van der Waals surface area contributed by atoms with E-state index in [-0.39, 0.29) is 16.7 Å². The Bertz CT molecular complexity index is 723. The molecule has 2 aromatic rings. The number of thiocarbonyl (C=S) groups is 1. The van der Waals surface area contributed by atoms with Gasteiger partial charge in [-0.15, -0.1) is 0 Å². The van der Waals surface area contributed by atoms with Gasteiger partial charge in [-0.25, -0.2) is 4.39 Å². The number of carbonyl (C=O) groups is 1. The summed E-state index contributed by atoms with van der Waals surface area (Å²) >= 11 is 8.20. The molecular formula is C16H14BrFN2O2S. The van der Waals surface area contributed by atoms with E-state index in [2.05, 4.69) is 26.6 Å². The minimum absolute atomic E-state index is 0.0186. The number of halogens is 2. The van der Waals surface area contributed by atoms with Gasteiger partial charge in [0.2, 0.25) is 0 Å². The van der Waals surface area contributed by atoms with E-state index in [1.165, 1.54) is 12.1 Å². The van der Waals surface area contributed by atoms with E-state index in [4.69, 9.17) is 17.0 Å². The molecule has 0 saturated carbocycles. The van der Waals surface area contributed by atoms with Gasteiger partial charge in [0.1, 0.15) is 11.6 Å². The Kier molecular flexibility index (Phi) is 6.06. The summed E-state index contributed by atoms with van der Waals surface area (Å²) in [5.41, 5.74) is 0.610. The van der Waals surface area contributed by atoms with Crippen LogP contribution in [-0.4, -0.2) is 17.6 Å². The van der Waals surface area contributed by atoms with Crippen LogP contribution >= 0.6 is 28.1 Å². The molecule has 2 rings (SSSR count). The maximum absolute atomic E-state index is 13.7. The van der Waals surface area contributed by atoms with E-state index in [1.54, 1.807) is 30.3 Å². The summed E-state index contributed by atoms with van der Waals surface area (Å²) in [4.78, 5) is 12.1. The molecule has 0 aromatic heterocycles. The lowest BCUT2D eigenvalue weighted by molar-refractivity contribution is 0.0977. The molecule has 1 amide bonds. The monoisotopic (exact) mass is 396 g/mol. The zero-order chi connectivity index (χ0) is 16.8. The molecule has 0 atom stereocenters. The third-order valence-corrected chi connectivity index (χ3v) is 3.53. The zero-order valence-corrected chi connectivity index (χ0v) is 14.6. The SMILES string of the molecule is CCOc1ccc(C(=O)NC(=S)Nc2ccc(Br)cc2F)cc1. The minimum Gasteiger partial charge on any atom is -0.494 e. The topological polar surface area (TPSA) is 50.4 Å². The van der Waals surface area contributed by atoms with Gasteiger partial charge in [-0.3, -0.25) is 10.1 Å². The molecule has 7 heteroatoms. The van der Waals surface area contributed by atoms with Crippen molar-refractivity contribution in [1.29, 1.82) is 0 Å². The van der Waals surface area contributed by atoms with Gasteiger partial charge >= 0.3 is 0 Å². The Balaban J connectivity index is 1.97. The van der Waals surface area contributed by atoms with E-state index < -0.39 is 5.82 Å². The molecule has 2 N–H and O–H groups in total. The summed E-state index contributed by atoms with van der Waals surface area (Å²) in [5.74, 6) is -0.179. The van der Waals surface area contributed by atoms with Crippen LogP contribution in [0.5, 0.6) is 5.75 Å². The molecule has 2 aromatic carbocycles. The Morgan fingerprint density at radius 3 is 2.57 bits per heavy atom. The van der Waals surface area contributed by atoms with Gasteiger partial charge in [0.05, 0.1) is 12.3 Å². The van der Waals surface area contributed by atoms with Crippen LogP contribution in [0.2, 0.25) is 0 Å². The molecule has 0 saturated heterocycles. The molecule has 0 aliphatic carbocycles. The highest BCUT2D eigenvalue weighted by atomic mass is 79.9. The molecular weight excluding hydrogens is 383 g/mol. The average molecular weight is 397 g/mol. The standard InChI is InChI=1S/C16H14BrFN2O2S/c1-2-22-12-6-3-10(4-7-12)15(21)20-16(23)19-14-8-5-11(17)9-13(14)18/h3-9H,2H2,1H3,(H2,19,20,21,23). The van der Waals surface area contributed by atoms with E-state index in [0.717, 1.165) is 0 Å². The fourth-order valence-corrected chi connectivity index (χ4v) is 2.32. The van der Waals surface area contributed by atoms with E-state index in [0.29, 0.717) is 22.4 Å². The van der Waals surface area contributed by atoms with Crippen molar-refractivity contribution < 1.29 is 13.9 Å². The van der Waals surface area contributed by atoms with E-state index in [9.17, 15) is 9.18 Å². The number of benzene rings is 2. The predicted molar refractivity (Wildman–Crippen MR) is 95.4 cm³/mol. The van der Waals surface area contributed by atoms with Gasteiger partial charge in [0.15, 0.2) is 5.11 Å². The first-order valence-corrected chi connectivity index (χ1v) is 8.00. The number of carbonyl (C=O) groups excluding carboxylic acids is 1. The Morgan fingerprint density at radius 1 is 1.26 bits per heavy atom. The van der Waals surface area contributed by atoms with Gasteiger partial charge in [-0.05, 0) is 61.6 Å². The van der Waals surface area contributed by atoms with Gasteiger partial charge in [-0.2, -0.15) is 0 Å². The molecule has 0 bridgehead atoms. The van der Waals surface area contributed by atoms with Crippen LogP contribution in [0, 0.1) is 5.82 Å². The van der Waals surface area contributed by atoms with Gasteiger partial charge in [0, 0.05) is 10.0 Å². The van der Waals surface area contributed by atoms with Gasteiger partial charge < -0.3 is 10.1 Å². The summed E-state index contributed by atoms with van der Waals surface area (Å²) in [7, 11) is 0. The number of ether oxygens (including phenoxy) is 1. The molecule has 120 valence electrons. The fourth-order valence-electron chi connectivity index (χ4n) is 1.79. The van der Waals surface area contributed by atoms with Gasteiger partial charge in [0.25, 0.3) is 5.91 Å². The smallest absolute Gasteiger partial charge is 0.257 e. The van der Waals surface area contributed by atoms with Crippen molar-refractivity contribution in [3.8, 4) is 5.75 Å². The molecule has 0 aliphatic rings. The predicted octanol–water partition coefficient (Wildman–Crippen LogP) is 4.11. The molecule has 23 heavy (non-hydrogen) atoms. The third kappa shape index (κ3) is 5.01. The summed E-state index contributed by atoms with van der Waals surface area (Å²) in [6.45, 7) is 2.43. The Morgan fingerprint density at radius 2 is 1.96 bits per heavy atom. The Hall–Kier alpha value is -1.99. The maximum atomic E-state index is 13.7. The molecule has 0 fully saturated rings. The van der Waals surface area contributed by atoms with Crippen molar-refractivity contribution in [3.05, 3.63) is 58.3 Å². The fraction of sp³-hybridized carbons (Fsp3) is 0.125. The second-order valence-electron chi connectivity index (χ2n) is 4.49. The summed E-state index contributed by atoms with van der Waals surface area (Å²) in [6.07, 6.45) is 0.